The van der Waals surface area contributed by atoms with Crippen LogP contribution in [0.15, 0.2) is 24.3 Å². The fourth-order valence-corrected chi connectivity index (χ4v) is 2.91. The fourth-order valence-electron chi connectivity index (χ4n) is 2.91. The highest BCUT2D eigenvalue weighted by Gasteiger charge is 2.56. The van der Waals surface area contributed by atoms with Gasteiger partial charge in [0.2, 0.25) is 0 Å². The average Bonchev–Trinajstić information content (AvgIpc) is 3.11. The lowest BCUT2D eigenvalue weighted by Crippen LogP contribution is -2.52. The predicted molar refractivity (Wildman–Crippen MR) is 66.1 cm³/mol. The lowest BCUT2D eigenvalue weighted by atomic mass is 10.0. The van der Waals surface area contributed by atoms with Gasteiger partial charge in [-0.2, -0.15) is 0 Å². The SMILES string of the molecule is COc1ccc(C2O[C@@H]3[C@@H](O)[C@@H]4OC[C@@H](O4)[C@@H]3O2)cc1. The first-order valence-electron chi connectivity index (χ1n) is 6.66. The van der Waals surface area contributed by atoms with E-state index in [4.69, 9.17) is 23.7 Å². The van der Waals surface area contributed by atoms with Crippen molar-refractivity contribution in [2.75, 3.05) is 13.7 Å². The van der Waals surface area contributed by atoms with E-state index in [9.17, 15) is 5.11 Å². The minimum absolute atomic E-state index is 0.170. The molecule has 3 fully saturated rings. The maximum absolute atomic E-state index is 10.1. The third-order valence-electron chi connectivity index (χ3n) is 3.99. The molecule has 3 saturated heterocycles. The molecule has 3 aliphatic rings. The summed E-state index contributed by atoms with van der Waals surface area (Å²) in [5, 5.41) is 10.1. The Morgan fingerprint density at radius 3 is 2.60 bits per heavy atom. The maximum Gasteiger partial charge on any atom is 0.186 e. The monoisotopic (exact) mass is 280 g/mol. The van der Waals surface area contributed by atoms with Gasteiger partial charge in [-0.25, -0.2) is 0 Å². The van der Waals surface area contributed by atoms with Crippen LogP contribution in [0.4, 0.5) is 0 Å². The van der Waals surface area contributed by atoms with Crippen LogP contribution >= 0.6 is 0 Å². The van der Waals surface area contributed by atoms with Gasteiger partial charge in [-0.3, -0.25) is 0 Å². The molecule has 108 valence electrons. The van der Waals surface area contributed by atoms with Gasteiger partial charge in [0.15, 0.2) is 12.6 Å². The molecule has 1 N–H and O–H groups in total. The summed E-state index contributed by atoms with van der Waals surface area (Å²) in [4.78, 5) is 0. The Balaban J connectivity index is 1.55. The number of benzene rings is 1. The molecule has 20 heavy (non-hydrogen) atoms. The van der Waals surface area contributed by atoms with Gasteiger partial charge in [0, 0.05) is 5.56 Å². The highest BCUT2D eigenvalue weighted by molar-refractivity contribution is 5.28. The molecule has 1 aromatic rings. The highest BCUT2D eigenvalue weighted by atomic mass is 16.8. The zero-order valence-corrected chi connectivity index (χ0v) is 11.0. The zero-order valence-electron chi connectivity index (χ0n) is 11.0. The molecule has 6 atom stereocenters. The second kappa shape index (κ2) is 4.68. The number of rotatable bonds is 2. The number of aliphatic hydroxyl groups is 1. The van der Waals surface area contributed by atoms with E-state index in [2.05, 4.69) is 0 Å². The van der Waals surface area contributed by atoms with Gasteiger partial charge < -0.3 is 28.8 Å². The van der Waals surface area contributed by atoms with E-state index in [1.807, 2.05) is 24.3 Å². The molecule has 3 aliphatic heterocycles. The molecular weight excluding hydrogens is 264 g/mol. The average molecular weight is 280 g/mol. The van der Waals surface area contributed by atoms with Crippen LogP contribution in [-0.2, 0) is 18.9 Å². The Hall–Kier alpha value is -1.18. The normalized spacial score (nSPS) is 42.5. The summed E-state index contributed by atoms with van der Waals surface area (Å²) in [5.41, 5.74) is 0.893. The van der Waals surface area contributed by atoms with E-state index >= 15 is 0 Å². The van der Waals surface area contributed by atoms with Crippen molar-refractivity contribution < 1.29 is 28.8 Å². The van der Waals surface area contributed by atoms with Crippen molar-refractivity contribution in [1.82, 2.24) is 0 Å². The van der Waals surface area contributed by atoms with E-state index in [0.717, 1.165) is 11.3 Å². The third kappa shape index (κ3) is 1.84. The summed E-state index contributed by atoms with van der Waals surface area (Å²) in [5.74, 6) is 0.778. The van der Waals surface area contributed by atoms with Crippen molar-refractivity contribution in [2.24, 2.45) is 0 Å². The Morgan fingerprint density at radius 2 is 1.85 bits per heavy atom. The molecular formula is C14H16O6. The van der Waals surface area contributed by atoms with Gasteiger partial charge in [-0.15, -0.1) is 0 Å². The summed E-state index contributed by atoms with van der Waals surface area (Å²) < 4.78 is 27.8. The molecule has 1 unspecified atom stereocenters. The van der Waals surface area contributed by atoms with Crippen LogP contribution in [0.3, 0.4) is 0 Å². The van der Waals surface area contributed by atoms with Crippen molar-refractivity contribution in [3.63, 3.8) is 0 Å². The van der Waals surface area contributed by atoms with Crippen LogP contribution < -0.4 is 4.74 Å². The summed E-state index contributed by atoms with van der Waals surface area (Å²) >= 11 is 0. The van der Waals surface area contributed by atoms with Crippen LogP contribution in [0.25, 0.3) is 0 Å². The number of hydrogen-bond donors (Lipinski definition) is 1. The van der Waals surface area contributed by atoms with E-state index in [0.29, 0.717) is 6.61 Å². The Kier molecular flexibility index (Phi) is 2.94. The van der Waals surface area contributed by atoms with Crippen LogP contribution in [0.1, 0.15) is 11.9 Å². The molecule has 0 saturated carbocycles. The van der Waals surface area contributed by atoms with Crippen LogP contribution in [0.2, 0.25) is 0 Å². The van der Waals surface area contributed by atoms with Crippen molar-refractivity contribution in [1.29, 1.82) is 0 Å². The Bertz CT molecular complexity index is 483. The van der Waals surface area contributed by atoms with E-state index in [-0.39, 0.29) is 12.2 Å². The van der Waals surface area contributed by atoms with Gasteiger partial charge in [-0.1, -0.05) is 12.1 Å². The largest absolute Gasteiger partial charge is 0.497 e. The molecule has 6 heteroatoms. The molecule has 3 heterocycles. The first kappa shape index (κ1) is 12.6. The van der Waals surface area contributed by atoms with E-state index in [1.54, 1.807) is 7.11 Å². The van der Waals surface area contributed by atoms with Gasteiger partial charge in [0.1, 0.15) is 30.2 Å². The summed E-state index contributed by atoms with van der Waals surface area (Å²) in [6.45, 7) is 0.432. The van der Waals surface area contributed by atoms with Gasteiger partial charge in [0.05, 0.1) is 13.7 Å². The molecule has 1 aromatic carbocycles. The minimum atomic E-state index is -0.818. The van der Waals surface area contributed by atoms with Crippen molar-refractivity contribution in [2.45, 2.75) is 37.0 Å². The minimum Gasteiger partial charge on any atom is -0.497 e. The lowest BCUT2D eigenvalue weighted by Gasteiger charge is -2.31. The molecule has 0 spiro atoms. The van der Waals surface area contributed by atoms with Crippen LogP contribution in [0.5, 0.6) is 5.75 Å². The second-order valence-electron chi connectivity index (χ2n) is 5.17. The smallest absolute Gasteiger partial charge is 0.186 e. The topological polar surface area (TPSA) is 66.4 Å². The number of fused-ring (bicyclic) bond motifs is 4. The molecule has 0 amide bonds. The Morgan fingerprint density at radius 1 is 1.10 bits per heavy atom. The predicted octanol–water partition coefficient (Wildman–Crippen LogP) is 0.594. The molecule has 4 rings (SSSR count). The molecule has 6 nitrogen and oxygen atoms in total. The number of methoxy groups -OCH3 is 1. The first-order chi connectivity index (χ1) is 9.76. The summed E-state index contributed by atoms with van der Waals surface area (Å²) in [7, 11) is 1.62. The second-order valence-corrected chi connectivity index (χ2v) is 5.17. The van der Waals surface area contributed by atoms with E-state index in [1.165, 1.54) is 0 Å². The Labute approximate surface area is 116 Å². The zero-order chi connectivity index (χ0) is 13.7. The van der Waals surface area contributed by atoms with E-state index < -0.39 is 24.8 Å². The quantitative estimate of drug-likeness (QED) is 0.855. The van der Waals surface area contributed by atoms with Crippen molar-refractivity contribution in [3.05, 3.63) is 29.8 Å². The van der Waals surface area contributed by atoms with Crippen molar-refractivity contribution in [3.8, 4) is 5.75 Å². The fraction of sp³-hybridized carbons (Fsp3) is 0.571. The van der Waals surface area contributed by atoms with Crippen LogP contribution in [0, 0.1) is 0 Å². The molecule has 0 aromatic heterocycles. The van der Waals surface area contributed by atoms with Gasteiger partial charge in [-0.05, 0) is 12.1 Å². The number of ether oxygens (including phenoxy) is 5. The standard InChI is InChI=1S/C14H16O6/c1-16-8-4-2-7(3-5-8)13-19-11-9-6-17-14(18-9)10(15)12(11)20-13/h2-5,9-15H,6H2,1H3/t9-,10-,11+,12-,13?,14-/m1/s1. The van der Waals surface area contributed by atoms with Crippen LogP contribution in [-0.4, -0.2) is 49.5 Å². The first-order valence-corrected chi connectivity index (χ1v) is 6.66. The lowest BCUT2D eigenvalue weighted by molar-refractivity contribution is -0.202. The maximum atomic E-state index is 10.1. The summed E-state index contributed by atoms with van der Waals surface area (Å²) in [6, 6.07) is 7.49. The van der Waals surface area contributed by atoms with Gasteiger partial charge >= 0.3 is 0 Å². The molecule has 0 aliphatic carbocycles. The molecule has 2 bridgehead atoms. The highest BCUT2D eigenvalue weighted by Crippen LogP contribution is 2.41. The third-order valence-corrected chi connectivity index (χ3v) is 3.99. The number of aliphatic hydroxyl groups excluding tert-OH is 1. The van der Waals surface area contributed by atoms with Gasteiger partial charge in [0.25, 0.3) is 0 Å². The molecule has 0 radical (unpaired) electrons. The summed E-state index contributed by atoms with van der Waals surface area (Å²) in [6.07, 6.45) is -2.78. The van der Waals surface area contributed by atoms with Crippen molar-refractivity contribution >= 4 is 0 Å². The number of hydrogen-bond acceptors (Lipinski definition) is 6.